The number of nitrogens with zero attached hydrogens (tertiary/aromatic N) is 1. The molecule has 1 unspecified atom stereocenters. The van der Waals surface area contributed by atoms with Gasteiger partial charge in [0.05, 0.1) is 12.3 Å². The van der Waals surface area contributed by atoms with E-state index >= 15 is 0 Å². The van der Waals surface area contributed by atoms with Crippen molar-refractivity contribution in [3.8, 4) is 0 Å². The second-order valence-corrected chi connectivity index (χ2v) is 6.73. The maximum atomic E-state index is 12.7. The molecular weight excluding hydrogens is 309 g/mol. The third-order valence-electron chi connectivity index (χ3n) is 3.47. The first-order valence-electron chi connectivity index (χ1n) is 6.30. The molecule has 3 nitrogen and oxygen atoms in total. The van der Waals surface area contributed by atoms with E-state index in [1.807, 2.05) is 6.92 Å². The van der Waals surface area contributed by atoms with E-state index in [1.54, 1.807) is 0 Å². The number of rotatable bonds is 2. The second kappa shape index (κ2) is 5.85. The summed E-state index contributed by atoms with van der Waals surface area (Å²) in [5.41, 5.74) is 0.817. The molecule has 1 saturated heterocycles. The van der Waals surface area contributed by atoms with Gasteiger partial charge in [0.2, 0.25) is 5.91 Å². The van der Waals surface area contributed by atoms with Crippen molar-refractivity contribution in [2.45, 2.75) is 32.4 Å². The lowest BCUT2D eigenvalue weighted by Gasteiger charge is -2.33. The van der Waals surface area contributed by atoms with Crippen molar-refractivity contribution in [3.05, 3.63) is 14.5 Å². The fourth-order valence-corrected chi connectivity index (χ4v) is 3.61. The molecular formula is C12H15F3N2OS2. The molecule has 1 aliphatic rings. The normalized spacial score (nSPS) is 20.2. The Balaban J connectivity index is 2.02. The largest absolute Gasteiger partial charge is 0.393 e. The molecule has 0 bridgehead atoms. The molecule has 112 valence electrons. The number of alkyl halides is 3. The van der Waals surface area contributed by atoms with Crippen LogP contribution in [0.3, 0.4) is 0 Å². The van der Waals surface area contributed by atoms with E-state index in [1.165, 1.54) is 16.2 Å². The number of piperidine rings is 1. The molecule has 1 aromatic rings. The highest BCUT2D eigenvalue weighted by Gasteiger charge is 2.42. The summed E-state index contributed by atoms with van der Waals surface area (Å²) in [6, 6.07) is 0. The number of aromatic nitrogens is 1. The highest BCUT2D eigenvalue weighted by atomic mass is 32.1. The second-order valence-electron chi connectivity index (χ2n) is 4.96. The lowest BCUT2D eigenvalue weighted by Crippen LogP contribution is -2.45. The third-order valence-corrected chi connectivity index (χ3v) is 4.81. The van der Waals surface area contributed by atoms with Crippen LogP contribution in [0.1, 0.15) is 23.4 Å². The zero-order valence-electron chi connectivity index (χ0n) is 10.9. The Morgan fingerprint density at radius 3 is 2.80 bits per heavy atom. The summed E-state index contributed by atoms with van der Waals surface area (Å²) >= 11 is 6.29. The Kier molecular flexibility index (Phi) is 4.53. The summed E-state index contributed by atoms with van der Waals surface area (Å²) in [6.07, 6.45) is -3.60. The highest BCUT2D eigenvalue weighted by Crippen LogP contribution is 2.33. The highest BCUT2D eigenvalue weighted by molar-refractivity contribution is 7.73. The van der Waals surface area contributed by atoms with Crippen molar-refractivity contribution >= 4 is 29.5 Å². The van der Waals surface area contributed by atoms with Gasteiger partial charge in [0.25, 0.3) is 0 Å². The quantitative estimate of drug-likeness (QED) is 0.846. The van der Waals surface area contributed by atoms with Crippen LogP contribution in [0.4, 0.5) is 13.2 Å². The van der Waals surface area contributed by atoms with Crippen molar-refractivity contribution in [3.63, 3.8) is 0 Å². The molecule has 0 saturated carbocycles. The van der Waals surface area contributed by atoms with Gasteiger partial charge < -0.3 is 9.88 Å². The van der Waals surface area contributed by atoms with Gasteiger partial charge in [-0.25, -0.2) is 0 Å². The SMILES string of the molecule is Cc1[nH]c(=S)sc1CC(=O)N1CCCC(C(F)(F)F)C1. The van der Waals surface area contributed by atoms with E-state index in [-0.39, 0.29) is 25.3 Å². The summed E-state index contributed by atoms with van der Waals surface area (Å²) in [7, 11) is 0. The van der Waals surface area contributed by atoms with Crippen LogP contribution in [0.5, 0.6) is 0 Å². The van der Waals surface area contributed by atoms with Gasteiger partial charge in [-0.1, -0.05) is 0 Å². The number of aryl methyl sites for hydroxylation is 1. The maximum absolute atomic E-state index is 12.7. The van der Waals surface area contributed by atoms with Gasteiger partial charge in [-0.05, 0) is 32.0 Å². The fraction of sp³-hybridized carbons (Fsp3) is 0.667. The molecule has 0 spiro atoms. The summed E-state index contributed by atoms with van der Waals surface area (Å²) in [5.74, 6) is -1.65. The number of H-pyrrole nitrogens is 1. The molecule has 1 N–H and O–H groups in total. The molecule has 2 rings (SSSR count). The van der Waals surface area contributed by atoms with Crippen LogP contribution in [0.2, 0.25) is 0 Å². The van der Waals surface area contributed by atoms with Crippen molar-refractivity contribution in [1.82, 2.24) is 9.88 Å². The minimum Gasteiger partial charge on any atom is -0.342 e. The lowest BCUT2D eigenvalue weighted by molar-refractivity contribution is -0.187. The molecule has 1 aliphatic heterocycles. The molecule has 0 aromatic carbocycles. The van der Waals surface area contributed by atoms with E-state index in [9.17, 15) is 18.0 Å². The first kappa shape index (κ1) is 15.5. The maximum Gasteiger partial charge on any atom is 0.393 e. The predicted molar refractivity (Wildman–Crippen MR) is 73.3 cm³/mol. The average molecular weight is 324 g/mol. The van der Waals surface area contributed by atoms with E-state index in [2.05, 4.69) is 4.98 Å². The Hall–Kier alpha value is -0.890. The summed E-state index contributed by atoms with van der Waals surface area (Å²) in [4.78, 5) is 17.2. The van der Waals surface area contributed by atoms with E-state index in [0.29, 0.717) is 16.9 Å². The zero-order valence-corrected chi connectivity index (χ0v) is 12.6. The van der Waals surface area contributed by atoms with Gasteiger partial charge >= 0.3 is 6.18 Å². The number of carbonyl (C=O) groups excluding carboxylic acids is 1. The van der Waals surface area contributed by atoms with Crippen LogP contribution >= 0.6 is 23.6 Å². The van der Waals surface area contributed by atoms with Gasteiger partial charge in [0.15, 0.2) is 3.95 Å². The van der Waals surface area contributed by atoms with E-state index in [0.717, 1.165) is 10.6 Å². The zero-order chi connectivity index (χ0) is 14.9. The number of amides is 1. The topological polar surface area (TPSA) is 36.1 Å². The lowest BCUT2D eigenvalue weighted by atomic mass is 9.97. The number of carbonyl (C=O) groups is 1. The molecule has 1 atom stereocenters. The number of hydrogen-bond donors (Lipinski definition) is 1. The molecule has 0 radical (unpaired) electrons. The van der Waals surface area contributed by atoms with Crippen LogP contribution in [0.25, 0.3) is 0 Å². The molecule has 8 heteroatoms. The molecule has 20 heavy (non-hydrogen) atoms. The smallest absolute Gasteiger partial charge is 0.342 e. The number of nitrogens with one attached hydrogen (secondary N) is 1. The standard InChI is InChI=1S/C12H15F3N2OS2/c1-7-9(20-11(19)16-7)5-10(18)17-4-2-3-8(6-17)12(13,14)15/h8H,2-6H2,1H3,(H,16,19). The Labute approximate surface area is 123 Å². The molecule has 1 amide bonds. The number of halogens is 3. The van der Waals surface area contributed by atoms with Gasteiger partial charge in [-0.3, -0.25) is 4.79 Å². The number of hydrogen-bond acceptors (Lipinski definition) is 3. The minimum atomic E-state index is -4.22. The van der Waals surface area contributed by atoms with Crippen molar-refractivity contribution < 1.29 is 18.0 Å². The predicted octanol–water partition coefficient (Wildman–Crippen LogP) is 3.46. The van der Waals surface area contributed by atoms with Gasteiger partial charge in [-0.2, -0.15) is 13.2 Å². The molecule has 1 aromatic heterocycles. The Bertz CT molecular complexity index is 550. The number of likely N-dealkylation sites (tertiary alicyclic amines) is 1. The number of thiazole rings is 1. The van der Waals surface area contributed by atoms with Crippen LogP contribution in [0, 0.1) is 16.8 Å². The molecule has 2 heterocycles. The summed E-state index contributed by atoms with van der Waals surface area (Å²) < 4.78 is 38.7. The monoisotopic (exact) mass is 324 g/mol. The van der Waals surface area contributed by atoms with Crippen molar-refractivity contribution in [1.29, 1.82) is 0 Å². The van der Waals surface area contributed by atoms with Gasteiger partial charge in [0, 0.05) is 23.7 Å². The first-order chi connectivity index (χ1) is 9.27. The van der Waals surface area contributed by atoms with Crippen LogP contribution < -0.4 is 0 Å². The molecule has 0 aliphatic carbocycles. The van der Waals surface area contributed by atoms with Crippen molar-refractivity contribution in [2.75, 3.05) is 13.1 Å². The summed E-state index contributed by atoms with van der Waals surface area (Å²) in [5, 5.41) is 0. The van der Waals surface area contributed by atoms with Crippen molar-refractivity contribution in [2.24, 2.45) is 5.92 Å². The van der Waals surface area contributed by atoms with E-state index in [4.69, 9.17) is 12.2 Å². The summed E-state index contributed by atoms with van der Waals surface area (Å²) in [6.45, 7) is 1.99. The fourth-order valence-electron chi connectivity index (χ4n) is 2.33. The van der Waals surface area contributed by atoms with Gasteiger partial charge in [-0.15, -0.1) is 11.3 Å². The third kappa shape index (κ3) is 3.60. The molecule has 1 fully saturated rings. The van der Waals surface area contributed by atoms with Crippen LogP contribution in [0.15, 0.2) is 0 Å². The number of aromatic amines is 1. The van der Waals surface area contributed by atoms with Crippen LogP contribution in [-0.4, -0.2) is 35.1 Å². The Morgan fingerprint density at radius 2 is 2.25 bits per heavy atom. The minimum absolute atomic E-state index is 0.107. The first-order valence-corrected chi connectivity index (χ1v) is 7.53. The van der Waals surface area contributed by atoms with Crippen LogP contribution in [-0.2, 0) is 11.2 Å². The average Bonchev–Trinajstić information content (AvgIpc) is 2.67. The van der Waals surface area contributed by atoms with E-state index < -0.39 is 12.1 Å². The van der Waals surface area contributed by atoms with Gasteiger partial charge in [0.1, 0.15) is 0 Å². The Morgan fingerprint density at radius 1 is 1.55 bits per heavy atom.